The molecule has 1 aliphatic rings. The Morgan fingerprint density at radius 3 is 2.04 bits per heavy atom. The van der Waals surface area contributed by atoms with E-state index < -0.39 is 62.8 Å². The fraction of sp³-hybridized carbons (Fsp3) is 0.769. The van der Waals surface area contributed by atoms with E-state index in [1.807, 2.05) is 0 Å². The minimum absolute atomic E-state index is 0.109. The number of hydrogen-bond acceptors (Lipinski definition) is 8. The second-order valence-electron chi connectivity index (χ2n) is 5.05. The predicted molar refractivity (Wildman–Crippen MR) is 81.2 cm³/mol. The molecule has 1 rings (SSSR count). The zero-order chi connectivity index (χ0) is 17.6. The van der Waals surface area contributed by atoms with E-state index in [1.54, 1.807) is 0 Å². The van der Waals surface area contributed by atoms with Crippen LogP contribution in [0.5, 0.6) is 0 Å². The molecule has 0 radical (unpaired) electrons. The Labute approximate surface area is 155 Å². The van der Waals surface area contributed by atoms with E-state index in [4.69, 9.17) is 23.7 Å². The van der Waals surface area contributed by atoms with Crippen LogP contribution in [0.4, 0.5) is 0 Å². The Hall–Kier alpha value is -0.00494. The van der Waals surface area contributed by atoms with Crippen molar-refractivity contribution >= 4 is 35.6 Å². The van der Waals surface area contributed by atoms with Gasteiger partial charge in [0.25, 0.3) is 0 Å². The van der Waals surface area contributed by atoms with Gasteiger partial charge in [-0.1, -0.05) is 0 Å². The number of rotatable bonds is 6. The molecule has 1 aliphatic heterocycles. The number of carbonyl (C=O) groups is 3. The van der Waals surface area contributed by atoms with E-state index in [1.165, 1.54) is 27.9 Å². The first-order valence-electron chi connectivity index (χ1n) is 7.02. The monoisotopic (exact) mass is 632 g/mol. The normalized spacial score (nSPS) is 30.0. The molecule has 0 N–H and O–H groups in total. The Morgan fingerprint density at radius 2 is 1.61 bits per heavy atom. The van der Waals surface area contributed by atoms with Crippen molar-refractivity contribution in [2.24, 2.45) is 0 Å². The van der Waals surface area contributed by atoms with Crippen molar-refractivity contribution < 1.29 is 58.3 Å². The molecule has 5 unspecified atom stereocenters. The van der Waals surface area contributed by atoms with Crippen LogP contribution in [0.25, 0.3) is 0 Å². The zero-order valence-electron chi connectivity index (χ0n) is 13.4. The number of halogens is 1. The average molecular weight is 631 g/mol. The van der Waals surface area contributed by atoms with E-state index in [2.05, 4.69) is 17.7 Å². The second-order valence-corrected chi connectivity index (χ2v) is 17.6. The molecule has 5 atom stereocenters. The average Bonchev–Trinajstić information content (AvgIpc) is 2.45. The molecular formula is C13H19HgIO8. The van der Waals surface area contributed by atoms with Crippen LogP contribution in [0.1, 0.15) is 20.8 Å². The van der Waals surface area contributed by atoms with E-state index in [9.17, 15) is 14.4 Å². The number of carbonyl (C=O) groups excluding carboxylic acids is 3. The molecular weight excluding hydrogens is 612 g/mol. The molecule has 10 heteroatoms. The van der Waals surface area contributed by atoms with Crippen molar-refractivity contribution in [3.05, 3.63) is 0 Å². The first-order chi connectivity index (χ1) is 10.8. The van der Waals surface area contributed by atoms with Crippen molar-refractivity contribution in [3.8, 4) is 0 Å². The topological polar surface area (TPSA) is 97.4 Å². The summed E-state index contributed by atoms with van der Waals surface area (Å²) in [6.07, 6.45) is -2.83. The third-order valence-electron chi connectivity index (χ3n) is 3.24. The summed E-state index contributed by atoms with van der Waals surface area (Å²) in [5, 5.41) is 0. The number of ether oxygens (including phenoxy) is 5. The van der Waals surface area contributed by atoms with Crippen LogP contribution in [0, 0.1) is 0 Å². The van der Waals surface area contributed by atoms with Crippen LogP contribution in [-0.4, -0.2) is 56.2 Å². The van der Waals surface area contributed by atoms with Crippen LogP contribution in [0.15, 0.2) is 0 Å². The molecule has 1 fully saturated rings. The summed E-state index contributed by atoms with van der Waals surface area (Å²) in [5.74, 6) is -1.48. The van der Waals surface area contributed by atoms with Crippen LogP contribution in [-0.2, 0) is 58.3 Å². The number of hydrogen-bond donors (Lipinski definition) is 0. The Kier molecular flexibility index (Phi) is 9.23. The van der Waals surface area contributed by atoms with Gasteiger partial charge in [0.05, 0.1) is 0 Å². The van der Waals surface area contributed by atoms with Gasteiger partial charge in [0.15, 0.2) is 0 Å². The molecule has 0 aromatic heterocycles. The summed E-state index contributed by atoms with van der Waals surface area (Å²) in [5.41, 5.74) is 0. The second kappa shape index (κ2) is 10.1. The molecule has 0 bridgehead atoms. The molecule has 0 saturated carbocycles. The molecule has 0 aromatic carbocycles. The minimum atomic E-state index is -1.54. The first kappa shape index (κ1) is 21.0. The summed E-state index contributed by atoms with van der Waals surface area (Å²) < 4.78 is 26.7. The van der Waals surface area contributed by atoms with E-state index in [0.29, 0.717) is 0 Å². The molecule has 1 saturated heterocycles. The van der Waals surface area contributed by atoms with Crippen molar-refractivity contribution in [1.82, 2.24) is 0 Å². The zero-order valence-corrected chi connectivity index (χ0v) is 21.1. The number of methoxy groups -OCH3 is 1. The molecule has 1 heterocycles. The molecule has 23 heavy (non-hydrogen) atoms. The molecule has 0 aromatic rings. The van der Waals surface area contributed by atoms with Gasteiger partial charge in [0, 0.05) is 0 Å². The summed E-state index contributed by atoms with van der Waals surface area (Å²) in [6, 6.07) is 0. The van der Waals surface area contributed by atoms with Gasteiger partial charge in [-0.2, -0.15) is 0 Å². The quantitative estimate of drug-likeness (QED) is 0.186. The SMILES string of the molecule is COC1OC(COC(C)=O)C(OC(C)=O)C(OC(C)=O)[CH]1[Hg][I]. The summed E-state index contributed by atoms with van der Waals surface area (Å²) in [7, 11) is 1.50. The van der Waals surface area contributed by atoms with Crippen molar-refractivity contribution in [2.75, 3.05) is 13.7 Å². The Morgan fingerprint density at radius 1 is 1.04 bits per heavy atom. The fourth-order valence-electron chi connectivity index (χ4n) is 2.37. The van der Waals surface area contributed by atoms with Gasteiger partial charge in [0.1, 0.15) is 0 Å². The standard InChI is InChI=1S/C13H19O8.Hg.HI/c1-7(14)18-6-11-13(20-9(3)16)10(19-8(2)15)5-12(17-4)21-11;;/h5,10-13H,6H2,1-4H3;;1H/q;+1;/p-1. The summed E-state index contributed by atoms with van der Waals surface area (Å²) >= 11 is 0.799. The van der Waals surface area contributed by atoms with Gasteiger partial charge < -0.3 is 0 Å². The van der Waals surface area contributed by atoms with E-state index in [-0.39, 0.29) is 10.0 Å². The van der Waals surface area contributed by atoms with Crippen LogP contribution in [0.2, 0.25) is 3.43 Å². The van der Waals surface area contributed by atoms with Gasteiger partial charge >= 0.3 is 156 Å². The van der Waals surface area contributed by atoms with Gasteiger partial charge in [-0.25, -0.2) is 0 Å². The van der Waals surface area contributed by atoms with Crippen LogP contribution in [0.3, 0.4) is 0 Å². The van der Waals surface area contributed by atoms with Crippen LogP contribution < -0.4 is 0 Å². The third kappa shape index (κ3) is 6.43. The molecule has 0 amide bonds. The van der Waals surface area contributed by atoms with E-state index >= 15 is 0 Å². The van der Waals surface area contributed by atoms with Gasteiger partial charge in [-0.3, -0.25) is 0 Å². The van der Waals surface area contributed by atoms with Gasteiger partial charge in [-0.15, -0.1) is 0 Å². The summed E-state index contributed by atoms with van der Waals surface area (Å²) in [4.78, 5) is 34.0. The molecule has 128 valence electrons. The summed E-state index contributed by atoms with van der Waals surface area (Å²) in [6.45, 7) is 3.71. The first-order valence-corrected chi connectivity index (χ1v) is 25.7. The molecule has 8 nitrogen and oxygen atoms in total. The predicted octanol–water partition coefficient (Wildman–Crippen LogP) is 1.01. The maximum absolute atomic E-state index is 11.5. The van der Waals surface area contributed by atoms with Crippen molar-refractivity contribution in [2.45, 2.75) is 48.8 Å². The van der Waals surface area contributed by atoms with E-state index in [0.717, 1.165) is 0 Å². The fourth-order valence-corrected chi connectivity index (χ4v) is 14.3. The van der Waals surface area contributed by atoms with Gasteiger partial charge in [-0.05, 0) is 0 Å². The van der Waals surface area contributed by atoms with Crippen molar-refractivity contribution in [3.63, 3.8) is 0 Å². The molecule has 0 spiro atoms. The maximum atomic E-state index is 11.5. The van der Waals surface area contributed by atoms with Crippen LogP contribution >= 0.6 is 17.7 Å². The number of esters is 3. The third-order valence-corrected chi connectivity index (χ3v) is 16.8. The van der Waals surface area contributed by atoms with Gasteiger partial charge in [0.2, 0.25) is 0 Å². The van der Waals surface area contributed by atoms with Crippen molar-refractivity contribution in [1.29, 1.82) is 0 Å². The molecule has 0 aliphatic carbocycles. The Balaban J connectivity index is 3.08. The Bertz CT molecular complexity index is 446.